The molecule has 0 saturated carbocycles. The second-order valence-corrected chi connectivity index (χ2v) is 4.47. The average Bonchev–Trinajstić information content (AvgIpc) is 2.37. The van der Waals surface area contributed by atoms with Gasteiger partial charge in [0.2, 0.25) is 11.8 Å². The monoisotopic (exact) mass is 247 g/mol. The molecule has 1 fully saturated rings. The Morgan fingerprint density at radius 3 is 2.94 bits per heavy atom. The molecular formula is C13H17N3O2. The number of rotatable bonds is 3. The standard InChI is InChI=1S/C13H17N3O2/c1-3-11-13(18)15-7-12(17)16(11)8-10-6-14-5-4-9(10)2/h4-6,11H,3,7-8H2,1-2H3,(H,15,18). The normalized spacial score (nSPS) is 19.9. The number of nitrogens with one attached hydrogen (secondary N) is 1. The Bertz CT molecular complexity index is 473. The van der Waals surface area contributed by atoms with Crippen LogP contribution in [0.1, 0.15) is 24.5 Å². The summed E-state index contributed by atoms with van der Waals surface area (Å²) in [5.41, 5.74) is 2.07. The van der Waals surface area contributed by atoms with E-state index in [1.54, 1.807) is 17.3 Å². The lowest BCUT2D eigenvalue weighted by Gasteiger charge is -2.34. The van der Waals surface area contributed by atoms with E-state index in [-0.39, 0.29) is 24.4 Å². The van der Waals surface area contributed by atoms with Gasteiger partial charge in [-0.15, -0.1) is 0 Å². The highest BCUT2D eigenvalue weighted by Crippen LogP contribution is 2.16. The van der Waals surface area contributed by atoms with E-state index in [0.29, 0.717) is 13.0 Å². The van der Waals surface area contributed by atoms with Crippen molar-refractivity contribution in [3.63, 3.8) is 0 Å². The van der Waals surface area contributed by atoms with Crippen LogP contribution in [0.4, 0.5) is 0 Å². The Kier molecular flexibility index (Phi) is 3.60. The third kappa shape index (κ3) is 2.34. The molecule has 0 bridgehead atoms. The van der Waals surface area contributed by atoms with Crippen LogP contribution < -0.4 is 5.32 Å². The summed E-state index contributed by atoms with van der Waals surface area (Å²) >= 11 is 0. The molecule has 96 valence electrons. The first kappa shape index (κ1) is 12.5. The topological polar surface area (TPSA) is 62.3 Å². The van der Waals surface area contributed by atoms with E-state index >= 15 is 0 Å². The van der Waals surface area contributed by atoms with Gasteiger partial charge in [-0.05, 0) is 30.5 Å². The Morgan fingerprint density at radius 1 is 1.50 bits per heavy atom. The van der Waals surface area contributed by atoms with Gasteiger partial charge in [-0.1, -0.05) is 6.92 Å². The molecule has 1 aromatic heterocycles. The molecule has 1 aliphatic heterocycles. The Morgan fingerprint density at radius 2 is 2.28 bits per heavy atom. The number of carbonyl (C=O) groups excluding carboxylic acids is 2. The second kappa shape index (κ2) is 5.16. The molecule has 1 aromatic rings. The zero-order chi connectivity index (χ0) is 13.1. The maximum absolute atomic E-state index is 11.9. The van der Waals surface area contributed by atoms with Crippen LogP contribution in [0.5, 0.6) is 0 Å². The molecule has 18 heavy (non-hydrogen) atoms. The largest absolute Gasteiger partial charge is 0.345 e. The van der Waals surface area contributed by atoms with E-state index in [1.807, 2.05) is 19.9 Å². The molecule has 0 spiro atoms. The van der Waals surface area contributed by atoms with Crippen molar-refractivity contribution in [2.45, 2.75) is 32.9 Å². The summed E-state index contributed by atoms with van der Waals surface area (Å²) in [5.74, 6) is -0.108. The zero-order valence-electron chi connectivity index (χ0n) is 10.6. The first-order valence-corrected chi connectivity index (χ1v) is 6.10. The summed E-state index contributed by atoms with van der Waals surface area (Å²) < 4.78 is 0. The number of hydrogen-bond acceptors (Lipinski definition) is 3. The molecule has 1 atom stereocenters. The van der Waals surface area contributed by atoms with Crippen LogP contribution in [0.25, 0.3) is 0 Å². The van der Waals surface area contributed by atoms with E-state index in [1.165, 1.54) is 0 Å². The van der Waals surface area contributed by atoms with Gasteiger partial charge in [0.15, 0.2) is 0 Å². The molecule has 1 unspecified atom stereocenters. The fraction of sp³-hybridized carbons (Fsp3) is 0.462. The SMILES string of the molecule is CCC1C(=O)NCC(=O)N1Cc1cnccc1C. The van der Waals surface area contributed by atoms with Crippen LogP contribution in [0, 0.1) is 6.92 Å². The van der Waals surface area contributed by atoms with Crippen molar-refractivity contribution in [3.05, 3.63) is 29.6 Å². The number of nitrogens with zero attached hydrogens (tertiary/aromatic N) is 2. The Hall–Kier alpha value is -1.91. The molecule has 1 saturated heterocycles. The van der Waals surface area contributed by atoms with Gasteiger partial charge in [0.25, 0.3) is 0 Å². The summed E-state index contributed by atoms with van der Waals surface area (Å²) in [6.07, 6.45) is 4.10. The minimum atomic E-state index is -0.370. The van der Waals surface area contributed by atoms with Crippen molar-refractivity contribution in [1.82, 2.24) is 15.2 Å². The highest BCUT2D eigenvalue weighted by Gasteiger charge is 2.33. The van der Waals surface area contributed by atoms with E-state index in [9.17, 15) is 9.59 Å². The highest BCUT2D eigenvalue weighted by atomic mass is 16.2. The maximum atomic E-state index is 11.9. The number of aromatic nitrogens is 1. The first-order chi connectivity index (χ1) is 8.63. The van der Waals surface area contributed by atoms with Crippen molar-refractivity contribution in [3.8, 4) is 0 Å². The lowest BCUT2D eigenvalue weighted by atomic mass is 10.1. The van der Waals surface area contributed by atoms with Crippen LogP contribution in [-0.4, -0.2) is 34.3 Å². The van der Waals surface area contributed by atoms with Gasteiger partial charge in [-0.25, -0.2) is 0 Å². The number of piperazine rings is 1. The van der Waals surface area contributed by atoms with Gasteiger partial charge in [-0.3, -0.25) is 14.6 Å². The van der Waals surface area contributed by atoms with Gasteiger partial charge in [-0.2, -0.15) is 0 Å². The fourth-order valence-electron chi connectivity index (χ4n) is 2.15. The van der Waals surface area contributed by atoms with Crippen molar-refractivity contribution in [2.24, 2.45) is 0 Å². The third-order valence-corrected chi connectivity index (χ3v) is 3.29. The van der Waals surface area contributed by atoms with E-state index in [2.05, 4.69) is 10.3 Å². The summed E-state index contributed by atoms with van der Waals surface area (Å²) in [6.45, 7) is 4.43. The second-order valence-electron chi connectivity index (χ2n) is 4.47. The molecule has 0 radical (unpaired) electrons. The van der Waals surface area contributed by atoms with Gasteiger partial charge in [0.05, 0.1) is 6.54 Å². The maximum Gasteiger partial charge on any atom is 0.243 e. The molecule has 5 nitrogen and oxygen atoms in total. The number of hydrogen-bond donors (Lipinski definition) is 1. The summed E-state index contributed by atoms with van der Waals surface area (Å²) in [6, 6.07) is 1.54. The lowest BCUT2D eigenvalue weighted by molar-refractivity contribution is -0.146. The van der Waals surface area contributed by atoms with Gasteiger partial charge in [0, 0.05) is 18.9 Å². The van der Waals surface area contributed by atoms with Crippen LogP contribution in [-0.2, 0) is 16.1 Å². The molecule has 2 amide bonds. The summed E-state index contributed by atoms with van der Waals surface area (Å²) in [5, 5.41) is 2.62. The Balaban J connectivity index is 2.22. The molecule has 2 rings (SSSR count). The molecular weight excluding hydrogens is 230 g/mol. The summed E-state index contributed by atoms with van der Waals surface area (Å²) in [4.78, 5) is 29.4. The number of aryl methyl sites for hydroxylation is 1. The predicted octanol–water partition coefficient (Wildman–Crippen LogP) is 0.627. The molecule has 1 aliphatic rings. The van der Waals surface area contributed by atoms with Gasteiger partial charge >= 0.3 is 0 Å². The minimum Gasteiger partial charge on any atom is -0.345 e. The van der Waals surface area contributed by atoms with Crippen molar-refractivity contribution < 1.29 is 9.59 Å². The predicted molar refractivity (Wildman–Crippen MR) is 66.6 cm³/mol. The van der Waals surface area contributed by atoms with Crippen LogP contribution >= 0.6 is 0 Å². The highest BCUT2D eigenvalue weighted by molar-refractivity contribution is 5.94. The minimum absolute atomic E-state index is 0.0373. The van der Waals surface area contributed by atoms with Crippen molar-refractivity contribution in [1.29, 1.82) is 0 Å². The third-order valence-electron chi connectivity index (χ3n) is 3.29. The summed E-state index contributed by atoms with van der Waals surface area (Å²) in [7, 11) is 0. The van der Waals surface area contributed by atoms with Crippen LogP contribution in [0.15, 0.2) is 18.5 Å². The molecule has 5 heteroatoms. The van der Waals surface area contributed by atoms with Crippen LogP contribution in [0.2, 0.25) is 0 Å². The smallest absolute Gasteiger partial charge is 0.243 e. The number of amides is 2. The van der Waals surface area contributed by atoms with Crippen molar-refractivity contribution in [2.75, 3.05) is 6.54 Å². The van der Waals surface area contributed by atoms with Gasteiger partial charge in [0.1, 0.15) is 6.04 Å². The zero-order valence-corrected chi connectivity index (χ0v) is 10.6. The van der Waals surface area contributed by atoms with Crippen molar-refractivity contribution >= 4 is 11.8 Å². The first-order valence-electron chi connectivity index (χ1n) is 6.10. The molecule has 0 aromatic carbocycles. The van der Waals surface area contributed by atoms with E-state index < -0.39 is 0 Å². The molecule has 2 heterocycles. The van der Waals surface area contributed by atoms with Crippen LogP contribution in [0.3, 0.4) is 0 Å². The van der Waals surface area contributed by atoms with Gasteiger partial charge < -0.3 is 10.2 Å². The quantitative estimate of drug-likeness (QED) is 0.852. The molecule has 1 N–H and O–H groups in total. The fourth-order valence-corrected chi connectivity index (χ4v) is 2.15. The average molecular weight is 247 g/mol. The number of carbonyl (C=O) groups is 2. The Labute approximate surface area is 106 Å². The number of pyridine rings is 1. The van der Waals surface area contributed by atoms with E-state index in [4.69, 9.17) is 0 Å². The van der Waals surface area contributed by atoms with E-state index in [0.717, 1.165) is 11.1 Å². The molecule has 0 aliphatic carbocycles. The lowest BCUT2D eigenvalue weighted by Crippen LogP contribution is -2.57.